The lowest BCUT2D eigenvalue weighted by Crippen LogP contribution is -2.53. The van der Waals surface area contributed by atoms with E-state index in [1.54, 1.807) is 0 Å². The molecule has 0 aromatic heterocycles. The standard InChI is InChI=1S/C21H34ClN5.HI/c1-4-26-10-12-27(13-11-26)17(2)15-24-20(23-3)25-16-21(8-9-21)18-6-5-7-19(22)14-18;/h5-7,14,17H,4,8-13,15-16H2,1-3H3,(H2,23,24,25);1H. The number of piperazine rings is 1. The maximum atomic E-state index is 6.18. The van der Waals surface area contributed by atoms with Crippen molar-refractivity contribution >= 4 is 41.5 Å². The van der Waals surface area contributed by atoms with Crippen LogP contribution in [0, 0.1) is 0 Å². The number of hydrogen-bond acceptors (Lipinski definition) is 3. The van der Waals surface area contributed by atoms with E-state index in [0.717, 1.165) is 43.7 Å². The molecule has 1 aromatic rings. The van der Waals surface area contributed by atoms with Crippen molar-refractivity contribution in [1.82, 2.24) is 20.4 Å². The molecule has 2 fully saturated rings. The van der Waals surface area contributed by atoms with Crippen molar-refractivity contribution in [3.8, 4) is 0 Å². The molecule has 3 rings (SSSR count). The Morgan fingerprint density at radius 3 is 2.50 bits per heavy atom. The topological polar surface area (TPSA) is 42.9 Å². The minimum atomic E-state index is 0. The van der Waals surface area contributed by atoms with Gasteiger partial charge in [-0.05, 0) is 44.0 Å². The first-order chi connectivity index (χ1) is 13.1. The lowest BCUT2D eigenvalue weighted by molar-refractivity contribution is 0.107. The van der Waals surface area contributed by atoms with E-state index >= 15 is 0 Å². The Balaban J connectivity index is 0.00000280. The van der Waals surface area contributed by atoms with Gasteiger partial charge in [0, 0.05) is 62.8 Å². The van der Waals surface area contributed by atoms with Gasteiger partial charge in [0.25, 0.3) is 0 Å². The minimum absolute atomic E-state index is 0. The van der Waals surface area contributed by atoms with Gasteiger partial charge in [0.2, 0.25) is 0 Å². The highest BCUT2D eigenvalue weighted by molar-refractivity contribution is 14.0. The van der Waals surface area contributed by atoms with Gasteiger partial charge in [-0.15, -0.1) is 24.0 Å². The first-order valence-corrected chi connectivity index (χ1v) is 10.6. The van der Waals surface area contributed by atoms with Crippen LogP contribution in [0.3, 0.4) is 0 Å². The third-order valence-electron chi connectivity index (χ3n) is 6.15. The van der Waals surface area contributed by atoms with Gasteiger partial charge < -0.3 is 15.5 Å². The summed E-state index contributed by atoms with van der Waals surface area (Å²) in [5.74, 6) is 0.891. The fourth-order valence-electron chi connectivity index (χ4n) is 3.90. The zero-order valence-electron chi connectivity index (χ0n) is 17.4. The Morgan fingerprint density at radius 2 is 1.93 bits per heavy atom. The van der Waals surface area contributed by atoms with E-state index in [1.807, 2.05) is 19.2 Å². The molecule has 0 spiro atoms. The number of likely N-dealkylation sites (N-methyl/N-ethyl adjacent to an activating group) is 1. The summed E-state index contributed by atoms with van der Waals surface area (Å²) in [6.45, 7) is 12.2. The monoisotopic (exact) mass is 519 g/mol. The van der Waals surface area contributed by atoms with Crippen LogP contribution in [0.25, 0.3) is 0 Å². The van der Waals surface area contributed by atoms with Crippen molar-refractivity contribution in [2.45, 2.75) is 38.1 Å². The van der Waals surface area contributed by atoms with Crippen molar-refractivity contribution in [3.63, 3.8) is 0 Å². The molecule has 0 amide bonds. The molecule has 5 nitrogen and oxygen atoms in total. The largest absolute Gasteiger partial charge is 0.356 e. The Hall–Kier alpha value is -0.570. The Morgan fingerprint density at radius 1 is 1.21 bits per heavy atom. The number of rotatable bonds is 7. The summed E-state index contributed by atoms with van der Waals surface area (Å²) in [4.78, 5) is 9.50. The smallest absolute Gasteiger partial charge is 0.191 e. The zero-order chi connectivity index (χ0) is 19.3. The Bertz CT molecular complexity index is 641. The summed E-state index contributed by atoms with van der Waals surface area (Å²) in [5.41, 5.74) is 1.55. The number of guanidine groups is 1. The van der Waals surface area contributed by atoms with Crippen molar-refractivity contribution in [2.24, 2.45) is 4.99 Å². The summed E-state index contributed by atoms with van der Waals surface area (Å²) in [6.07, 6.45) is 2.41. The van der Waals surface area contributed by atoms with Gasteiger partial charge >= 0.3 is 0 Å². The molecule has 1 saturated heterocycles. The Kier molecular flexibility index (Phi) is 9.31. The minimum Gasteiger partial charge on any atom is -0.356 e. The van der Waals surface area contributed by atoms with Crippen molar-refractivity contribution in [2.75, 3.05) is 52.9 Å². The SMILES string of the molecule is CCN1CCN(C(C)CNC(=NC)NCC2(c3cccc(Cl)c3)CC2)CC1.I. The quantitative estimate of drug-likeness (QED) is 0.330. The fraction of sp³-hybridized carbons (Fsp3) is 0.667. The van der Waals surface area contributed by atoms with Gasteiger partial charge in [-0.3, -0.25) is 9.89 Å². The second-order valence-electron chi connectivity index (χ2n) is 7.92. The van der Waals surface area contributed by atoms with E-state index < -0.39 is 0 Å². The second kappa shape index (κ2) is 11.0. The number of nitrogens with one attached hydrogen (secondary N) is 2. The Labute approximate surface area is 192 Å². The average Bonchev–Trinajstić information content (AvgIpc) is 3.49. The van der Waals surface area contributed by atoms with Gasteiger partial charge in [-0.2, -0.15) is 0 Å². The van der Waals surface area contributed by atoms with Crippen LogP contribution in [0.5, 0.6) is 0 Å². The zero-order valence-corrected chi connectivity index (χ0v) is 20.5. The van der Waals surface area contributed by atoms with Crippen LogP contribution in [0.15, 0.2) is 29.3 Å². The molecular formula is C21H35ClIN5. The maximum absolute atomic E-state index is 6.18. The van der Waals surface area contributed by atoms with E-state index in [0.29, 0.717) is 6.04 Å². The molecule has 1 saturated carbocycles. The fourth-order valence-corrected chi connectivity index (χ4v) is 4.09. The van der Waals surface area contributed by atoms with E-state index in [4.69, 9.17) is 11.6 Å². The van der Waals surface area contributed by atoms with Crippen LogP contribution in [0.4, 0.5) is 0 Å². The van der Waals surface area contributed by atoms with E-state index in [2.05, 4.69) is 51.4 Å². The molecule has 158 valence electrons. The third kappa shape index (κ3) is 6.21. The second-order valence-corrected chi connectivity index (χ2v) is 8.35. The van der Waals surface area contributed by atoms with Gasteiger partial charge in [-0.1, -0.05) is 30.7 Å². The van der Waals surface area contributed by atoms with Crippen LogP contribution < -0.4 is 10.6 Å². The van der Waals surface area contributed by atoms with Gasteiger partial charge in [0.05, 0.1) is 0 Å². The molecular weight excluding hydrogens is 485 g/mol. The number of hydrogen-bond donors (Lipinski definition) is 2. The molecule has 0 radical (unpaired) electrons. The molecule has 0 bridgehead atoms. The first kappa shape index (κ1) is 23.7. The van der Waals surface area contributed by atoms with Crippen LogP contribution >= 0.6 is 35.6 Å². The molecule has 28 heavy (non-hydrogen) atoms. The number of nitrogens with zero attached hydrogens (tertiary/aromatic N) is 3. The normalized spacial score (nSPS) is 20.9. The van der Waals surface area contributed by atoms with E-state index in [-0.39, 0.29) is 29.4 Å². The maximum Gasteiger partial charge on any atom is 0.191 e. The van der Waals surface area contributed by atoms with Crippen LogP contribution in [-0.2, 0) is 5.41 Å². The number of aliphatic imine (C=N–C) groups is 1. The molecule has 1 atom stereocenters. The molecule has 1 aromatic carbocycles. The highest BCUT2D eigenvalue weighted by Gasteiger charge is 2.44. The van der Waals surface area contributed by atoms with Crippen molar-refractivity contribution < 1.29 is 0 Å². The number of benzene rings is 1. The van der Waals surface area contributed by atoms with Crippen molar-refractivity contribution in [3.05, 3.63) is 34.9 Å². The predicted molar refractivity (Wildman–Crippen MR) is 130 cm³/mol. The van der Waals surface area contributed by atoms with Gasteiger partial charge in [0.1, 0.15) is 0 Å². The summed E-state index contributed by atoms with van der Waals surface area (Å²) >= 11 is 6.18. The molecule has 1 aliphatic heterocycles. The van der Waals surface area contributed by atoms with E-state index in [1.165, 1.54) is 31.5 Å². The molecule has 1 aliphatic carbocycles. The first-order valence-electron chi connectivity index (χ1n) is 10.2. The molecule has 1 unspecified atom stereocenters. The number of halogens is 2. The summed E-state index contributed by atoms with van der Waals surface area (Å²) in [6, 6.07) is 8.78. The summed E-state index contributed by atoms with van der Waals surface area (Å²) < 4.78 is 0. The summed E-state index contributed by atoms with van der Waals surface area (Å²) in [5, 5.41) is 7.86. The molecule has 2 aliphatic rings. The highest BCUT2D eigenvalue weighted by Crippen LogP contribution is 2.48. The molecule has 1 heterocycles. The molecule has 7 heteroatoms. The van der Waals surface area contributed by atoms with E-state index in [9.17, 15) is 0 Å². The van der Waals surface area contributed by atoms with Gasteiger partial charge in [-0.25, -0.2) is 0 Å². The van der Waals surface area contributed by atoms with Crippen LogP contribution in [0.1, 0.15) is 32.3 Å². The van der Waals surface area contributed by atoms with Gasteiger partial charge in [0.15, 0.2) is 5.96 Å². The lowest BCUT2D eigenvalue weighted by Gasteiger charge is -2.37. The molecule has 2 N–H and O–H groups in total. The third-order valence-corrected chi connectivity index (χ3v) is 6.39. The highest BCUT2D eigenvalue weighted by atomic mass is 127. The average molecular weight is 520 g/mol. The predicted octanol–water partition coefficient (Wildman–Crippen LogP) is 3.18. The lowest BCUT2D eigenvalue weighted by atomic mass is 9.96. The summed E-state index contributed by atoms with van der Waals surface area (Å²) in [7, 11) is 1.85. The van der Waals surface area contributed by atoms with Crippen LogP contribution in [-0.4, -0.2) is 74.7 Å². The van der Waals surface area contributed by atoms with Crippen molar-refractivity contribution in [1.29, 1.82) is 0 Å². The van der Waals surface area contributed by atoms with Crippen LogP contribution in [0.2, 0.25) is 5.02 Å².